The van der Waals surface area contributed by atoms with Crippen molar-refractivity contribution in [1.29, 1.82) is 0 Å². The smallest absolute Gasteiger partial charge is 0.150 e. The van der Waals surface area contributed by atoms with Crippen molar-refractivity contribution in [2.45, 2.75) is 38.3 Å². The molecule has 1 N–H and O–H groups in total. The second-order valence-electron chi connectivity index (χ2n) is 6.35. The summed E-state index contributed by atoms with van der Waals surface area (Å²) in [5.41, 5.74) is 3.23. The molecule has 6 heteroatoms. The Hall–Kier alpha value is -1.79. The Labute approximate surface area is 134 Å². The van der Waals surface area contributed by atoms with E-state index in [1.807, 2.05) is 10.7 Å². The Balaban J connectivity index is 1.76. The van der Waals surface area contributed by atoms with Crippen LogP contribution in [0, 0.1) is 11.7 Å². The molecular weight excluding hydrogens is 297 g/mol. The maximum Gasteiger partial charge on any atom is 0.150 e. The van der Waals surface area contributed by atoms with Crippen LogP contribution in [0.15, 0.2) is 18.5 Å². The van der Waals surface area contributed by atoms with Crippen molar-refractivity contribution in [3.8, 4) is 11.4 Å². The average Bonchev–Trinajstić information content (AvgIpc) is 3.23. The molecule has 2 aliphatic rings. The molecule has 1 aliphatic heterocycles. The van der Waals surface area contributed by atoms with E-state index >= 15 is 0 Å². The molecule has 122 valence electrons. The van der Waals surface area contributed by atoms with E-state index in [1.54, 1.807) is 6.20 Å². The van der Waals surface area contributed by atoms with Gasteiger partial charge in [-0.15, -0.1) is 0 Å². The van der Waals surface area contributed by atoms with Gasteiger partial charge < -0.3 is 9.84 Å². The number of ether oxygens (including phenoxy) is 1. The average molecular weight is 317 g/mol. The number of aliphatic hydroxyl groups excluding tert-OH is 1. The molecule has 5 nitrogen and oxygen atoms in total. The maximum absolute atomic E-state index is 14.1. The van der Waals surface area contributed by atoms with Gasteiger partial charge in [-0.25, -0.2) is 9.07 Å². The summed E-state index contributed by atoms with van der Waals surface area (Å²) < 4.78 is 21.8. The van der Waals surface area contributed by atoms with Crippen LogP contribution in [0.1, 0.15) is 36.6 Å². The summed E-state index contributed by atoms with van der Waals surface area (Å²) in [5, 5.41) is 13.8. The molecule has 3 heterocycles. The molecule has 0 bridgehead atoms. The maximum atomic E-state index is 14.1. The molecule has 1 fully saturated rings. The molecule has 0 aromatic carbocycles. The summed E-state index contributed by atoms with van der Waals surface area (Å²) in [6.45, 7) is 0.810. The standard InChI is InChI=1S/C17H20FN3O2/c18-14-9-19-17(13-8-11(10-22)7-12(13)14)15-4-5-20-21(15)16-3-1-2-6-23-16/h4-5,9,11,16,22H,1-3,6-8,10H2. The highest BCUT2D eigenvalue weighted by atomic mass is 19.1. The van der Waals surface area contributed by atoms with Gasteiger partial charge in [-0.05, 0) is 55.2 Å². The minimum absolute atomic E-state index is 0.0680. The molecule has 0 amide bonds. The fourth-order valence-electron chi connectivity index (χ4n) is 3.65. The van der Waals surface area contributed by atoms with E-state index in [0.29, 0.717) is 18.4 Å². The van der Waals surface area contributed by atoms with Gasteiger partial charge in [0, 0.05) is 19.4 Å². The topological polar surface area (TPSA) is 60.2 Å². The first-order chi connectivity index (χ1) is 11.3. The van der Waals surface area contributed by atoms with Crippen LogP contribution in [0.5, 0.6) is 0 Å². The van der Waals surface area contributed by atoms with Gasteiger partial charge in [0.1, 0.15) is 5.82 Å². The number of hydrogen-bond acceptors (Lipinski definition) is 4. The quantitative estimate of drug-likeness (QED) is 0.945. The molecule has 23 heavy (non-hydrogen) atoms. The summed E-state index contributed by atoms with van der Waals surface area (Å²) >= 11 is 0. The van der Waals surface area contributed by atoms with Gasteiger partial charge in [0.15, 0.2) is 6.23 Å². The first-order valence-corrected chi connectivity index (χ1v) is 8.20. The summed E-state index contributed by atoms with van der Waals surface area (Å²) in [6.07, 6.45) is 7.30. The van der Waals surface area contributed by atoms with E-state index in [2.05, 4.69) is 10.1 Å². The number of hydrogen-bond donors (Lipinski definition) is 1. The molecule has 4 rings (SSSR count). The molecule has 1 aliphatic carbocycles. The molecule has 2 aromatic rings. The van der Waals surface area contributed by atoms with E-state index in [0.717, 1.165) is 42.8 Å². The zero-order valence-electron chi connectivity index (χ0n) is 12.9. The van der Waals surface area contributed by atoms with Crippen LogP contribution >= 0.6 is 0 Å². The van der Waals surface area contributed by atoms with E-state index in [4.69, 9.17) is 4.74 Å². The van der Waals surface area contributed by atoms with Gasteiger partial charge in [-0.3, -0.25) is 4.98 Å². The molecular formula is C17H20FN3O2. The third-order valence-electron chi connectivity index (χ3n) is 4.83. The number of rotatable bonds is 3. The summed E-state index contributed by atoms with van der Waals surface area (Å²) in [5.74, 6) is -0.204. The molecule has 2 unspecified atom stereocenters. The third kappa shape index (κ3) is 2.56. The number of pyridine rings is 1. The first kappa shape index (κ1) is 14.8. The lowest BCUT2D eigenvalue weighted by Crippen LogP contribution is -2.20. The van der Waals surface area contributed by atoms with E-state index < -0.39 is 0 Å². The lowest BCUT2D eigenvalue weighted by molar-refractivity contribution is -0.0384. The summed E-state index contributed by atoms with van der Waals surface area (Å²) in [7, 11) is 0. The van der Waals surface area contributed by atoms with Gasteiger partial charge in [0.25, 0.3) is 0 Å². The molecule has 0 saturated carbocycles. The normalized spacial score (nSPS) is 23.9. The van der Waals surface area contributed by atoms with E-state index in [9.17, 15) is 9.50 Å². The SMILES string of the molecule is OCC1Cc2c(F)cnc(-c3ccnn3C3CCCCO3)c2C1. The van der Waals surface area contributed by atoms with E-state index in [1.165, 1.54) is 6.20 Å². The van der Waals surface area contributed by atoms with Crippen molar-refractivity contribution < 1.29 is 14.2 Å². The number of fused-ring (bicyclic) bond motifs is 1. The highest BCUT2D eigenvalue weighted by molar-refractivity contribution is 5.62. The second-order valence-corrected chi connectivity index (χ2v) is 6.35. The fraction of sp³-hybridized carbons (Fsp3) is 0.529. The van der Waals surface area contributed by atoms with Gasteiger partial charge in [0.2, 0.25) is 0 Å². The number of halogens is 1. The van der Waals surface area contributed by atoms with Gasteiger partial charge in [-0.2, -0.15) is 5.10 Å². The Morgan fingerprint density at radius 2 is 2.17 bits per heavy atom. The van der Waals surface area contributed by atoms with Crippen LogP contribution in [0.25, 0.3) is 11.4 Å². The van der Waals surface area contributed by atoms with Crippen molar-refractivity contribution in [3.05, 3.63) is 35.4 Å². The van der Waals surface area contributed by atoms with Crippen molar-refractivity contribution in [1.82, 2.24) is 14.8 Å². The molecule has 2 aromatic heterocycles. The Kier molecular flexibility index (Phi) is 3.87. The summed E-state index contributed by atoms with van der Waals surface area (Å²) in [6, 6.07) is 1.91. The predicted molar refractivity (Wildman–Crippen MR) is 82.2 cm³/mol. The molecule has 0 spiro atoms. The fourth-order valence-corrected chi connectivity index (χ4v) is 3.65. The first-order valence-electron chi connectivity index (χ1n) is 8.20. The van der Waals surface area contributed by atoms with Crippen LogP contribution in [0.3, 0.4) is 0 Å². The van der Waals surface area contributed by atoms with Crippen LogP contribution in [-0.4, -0.2) is 33.1 Å². The van der Waals surface area contributed by atoms with Gasteiger partial charge >= 0.3 is 0 Å². The molecule has 0 radical (unpaired) electrons. The second kappa shape index (κ2) is 6.02. The van der Waals surface area contributed by atoms with Crippen LogP contribution in [0.2, 0.25) is 0 Å². The number of aromatic nitrogens is 3. The Morgan fingerprint density at radius 3 is 2.96 bits per heavy atom. The van der Waals surface area contributed by atoms with Crippen molar-refractivity contribution in [2.24, 2.45) is 5.92 Å². The largest absolute Gasteiger partial charge is 0.396 e. The van der Waals surface area contributed by atoms with Crippen LogP contribution in [-0.2, 0) is 17.6 Å². The van der Waals surface area contributed by atoms with Gasteiger partial charge in [0.05, 0.1) is 17.6 Å². The number of aliphatic hydroxyl groups is 1. The highest BCUT2D eigenvalue weighted by Crippen LogP contribution is 2.36. The predicted octanol–water partition coefficient (Wildman–Crippen LogP) is 2.49. The number of nitrogens with zero attached hydrogens (tertiary/aromatic N) is 3. The third-order valence-corrected chi connectivity index (χ3v) is 4.83. The zero-order valence-corrected chi connectivity index (χ0v) is 12.9. The Bertz CT molecular complexity index is 710. The van der Waals surface area contributed by atoms with Crippen LogP contribution < -0.4 is 0 Å². The van der Waals surface area contributed by atoms with E-state index in [-0.39, 0.29) is 24.6 Å². The lowest BCUT2D eigenvalue weighted by atomic mass is 10.1. The lowest BCUT2D eigenvalue weighted by Gasteiger charge is -2.24. The van der Waals surface area contributed by atoms with Crippen molar-refractivity contribution >= 4 is 0 Å². The van der Waals surface area contributed by atoms with Crippen molar-refractivity contribution in [2.75, 3.05) is 13.2 Å². The molecule has 1 saturated heterocycles. The minimum Gasteiger partial charge on any atom is -0.396 e. The van der Waals surface area contributed by atoms with Crippen molar-refractivity contribution in [3.63, 3.8) is 0 Å². The zero-order chi connectivity index (χ0) is 15.8. The van der Waals surface area contributed by atoms with Crippen LogP contribution in [0.4, 0.5) is 4.39 Å². The minimum atomic E-state index is -0.278. The van der Waals surface area contributed by atoms with Gasteiger partial charge in [-0.1, -0.05) is 0 Å². The summed E-state index contributed by atoms with van der Waals surface area (Å²) in [4.78, 5) is 4.34. The Morgan fingerprint density at radius 1 is 1.30 bits per heavy atom. The highest BCUT2D eigenvalue weighted by Gasteiger charge is 2.29. The molecule has 2 atom stereocenters. The monoisotopic (exact) mass is 317 g/mol.